The molecule has 0 radical (unpaired) electrons. The van der Waals surface area contributed by atoms with Gasteiger partial charge in [-0.25, -0.2) is 8.42 Å². The Morgan fingerprint density at radius 2 is 2.11 bits per heavy atom. The average molecular weight is 293 g/mol. The number of morpholine rings is 1. The molecule has 1 amide bonds. The summed E-state index contributed by atoms with van der Waals surface area (Å²) in [6.45, 7) is 3.25. The molecular formula is C10H19N3O5S. The summed E-state index contributed by atoms with van der Waals surface area (Å²) in [7, 11) is -3.54. The van der Waals surface area contributed by atoms with Gasteiger partial charge in [0.25, 0.3) is 0 Å². The lowest BCUT2D eigenvalue weighted by molar-refractivity contribution is -0.138. The number of amides is 1. The van der Waals surface area contributed by atoms with Crippen LogP contribution in [0.5, 0.6) is 0 Å². The summed E-state index contributed by atoms with van der Waals surface area (Å²) in [6.07, 6.45) is 0.296. The Labute approximate surface area is 112 Å². The van der Waals surface area contributed by atoms with Gasteiger partial charge in [0.05, 0.1) is 13.2 Å². The SMILES string of the molecule is CC(C)(C(=O)N1CCOC(C(N)=NO)C1)S(C)(=O)=O. The first kappa shape index (κ1) is 15.7. The largest absolute Gasteiger partial charge is 0.409 e. The van der Waals surface area contributed by atoms with Gasteiger partial charge < -0.3 is 20.6 Å². The van der Waals surface area contributed by atoms with Crippen LogP contribution in [-0.4, -0.2) is 67.1 Å². The summed E-state index contributed by atoms with van der Waals surface area (Å²) >= 11 is 0. The molecule has 0 aromatic carbocycles. The van der Waals surface area contributed by atoms with E-state index in [2.05, 4.69) is 5.16 Å². The van der Waals surface area contributed by atoms with E-state index in [1.165, 1.54) is 18.7 Å². The van der Waals surface area contributed by atoms with Crippen LogP contribution in [0.25, 0.3) is 0 Å². The van der Waals surface area contributed by atoms with Gasteiger partial charge in [-0.3, -0.25) is 4.79 Å². The Balaban J connectivity index is 2.90. The highest BCUT2D eigenvalue weighted by Gasteiger charge is 2.42. The van der Waals surface area contributed by atoms with E-state index in [0.717, 1.165) is 6.26 Å². The van der Waals surface area contributed by atoms with E-state index in [4.69, 9.17) is 15.7 Å². The summed E-state index contributed by atoms with van der Waals surface area (Å²) < 4.78 is 27.0. The van der Waals surface area contributed by atoms with Crippen LogP contribution in [-0.2, 0) is 19.4 Å². The zero-order valence-corrected chi connectivity index (χ0v) is 12.0. The summed E-state index contributed by atoms with van der Waals surface area (Å²) in [4.78, 5) is 13.6. The molecule has 9 heteroatoms. The van der Waals surface area contributed by atoms with Crippen molar-refractivity contribution in [2.75, 3.05) is 26.0 Å². The van der Waals surface area contributed by atoms with Gasteiger partial charge in [0.1, 0.15) is 10.9 Å². The molecule has 0 saturated carbocycles. The van der Waals surface area contributed by atoms with Crippen LogP contribution in [0.4, 0.5) is 0 Å². The van der Waals surface area contributed by atoms with Crippen LogP contribution in [0.3, 0.4) is 0 Å². The van der Waals surface area contributed by atoms with Crippen molar-refractivity contribution < 1.29 is 23.2 Å². The average Bonchev–Trinajstić information content (AvgIpc) is 2.35. The van der Waals surface area contributed by atoms with Crippen molar-refractivity contribution in [3.63, 3.8) is 0 Å². The second-order valence-electron chi connectivity index (χ2n) is 4.92. The zero-order chi connectivity index (χ0) is 14.8. The Morgan fingerprint density at radius 3 is 2.58 bits per heavy atom. The molecule has 1 atom stereocenters. The second kappa shape index (κ2) is 5.33. The molecule has 1 aliphatic rings. The standard InChI is InChI=1S/C10H19N3O5S/c1-10(2,19(3,16)17)9(14)13-4-5-18-7(6-13)8(11)12-15/h7,15H,4-6H2,1-3H3,(H2,11,12). The van der Waals surface area contributed by atoms with Gasteiger partial charge in [0, 0.05) is 12.8 Å². The fourth-order valence-electron chi connectivity index (χ4n) is 1.62. The highest BCUT2D eigenvalue weighted by atomic mass is 32.2. The van der Waals surface area contributed by atoms with Crippen molar-refractivity contribution in [3.05, 3.63) is 0 Å². The molecule has 0 spiro atoms. The van der Waals surface area contributed by atoms with Crippen LogP contribution >= 0.6 is 0 Å². The highest BCUT2D eigenvalue weighted by Crippen LogP contribution is 2.20. The number of hydrogen-bond donors (Lipinski definition) is 2. The molecule has 1 rings (SSSR count). The van der Waals surface area contributed by atoms with Crippen LogP contribution < -0.4 is 5.73 Å². The molecule has 1 aliphatic heterocycles. The fourth-order valence-corrected chi connectivity index (χ4v) is 2.06. The Kier molecular flexibility index (Phi) is 4.41. The summed E-state index contributed by atoms with van der Waals surface area (Å²) in [5.74, 6) is -0.663. The first-order valence-electron chi connectivity index (χ1n) is 5.69. The van der Waals surface area contributed by atoms with Gasteiger partial charge in [0.15, 0.2) is 15.7 Å². The summed E-state index contributed by atoms with van der Waals surface area (Å²) in [5.41, 5.74) is 5.42. The molecule has 0 bridgehead atoms. The number of hydrogen-bond acceptors (Lipinski definition) is 6. The lowest BCUT2D eigenvalue weighted by Crippen LogP contribution is -2.57. The van der Waals surface area contributed by atoms with Crippen molar-refractivity contribution in [1.29, 1.82) is 0 Å². The van der Waals surface area contributed by atoms with Crippen molar-refractivity contribution in [3.8, 4) is 0 Å². The molecule has 110 valence electrons. The third-order valence-corrected chi connectivity index (χ3v) is 5.27. The van der Waals surface area contributed by atoms with Crippen LogP contribution in [0, 0.1) is 0 Å². The van der Waals surface area contributed by atoms with E-state index < -0.39 is 26.6 Å². The van der Waals surface area contributed by atoms with Crippen LogP contribution in [0.2, 0.25) is 0 Å². The predicted octanol–water partition coefficient (Wildman–Crippen LogP) is -1.22. The lowest BCUT2D eigenvalue weighted by atomic mass is 10.1. The Hall–Kier alpha value is -1.35. The number of carbonyl (C=O) groups excluding carboxylic acids is 1. The van der Waals surface area contributed by atoms with Crippen LogP contribution in [0.1, 0.15) is 13.8 Å². The first-order valence-corrected chi connectivity index (χ1v) is 7.58. The smallest absolute Gasteiger partial charge is 0.243 e. The second-order valence-corrected chi connectivity index (χ2v) is 7.48. The molecule has 0 aromatic heterocycles. The van der Waals surface area contributed by atoms with E-state index in [1.807, 2.05) is 0 Å². The third kappa shape index (κ3) is 3.16. The van der Waals surface area contributed by atoms with Gasteiger partial charge in [-0.1, -0.05) is 5.16 Å². The van der Waals surface area contributed by atoms with Gasteiger partial charge in [0.2, 0.25) is 5.91 Å². The van der Waals surface area contributed by atoms with Crippen molar-refractivity contribution >= 4 is 21.6 Å². The highest BCUT2D eigenvalue weighted by molar-refractivity contribution is 7.92. The minimum Gasteiger partial charge on any atom is -0.409 e. The monoisotopic (exact) mass is 293 g/mol. The minimum absolute atomic E-state index is 0.0632. The van der Waals surface area contributed by atoms with Crippen molar-refractivity contribution in [1.82, 2.24) is 4.90 Å². The van der Waals surface area contributed by atoms with E-state index >= 15 is 0 Å². The van der Waals surface area contributed by atoms with E-state index in [-0.39, 0.29) is 25.5 Å². The van der Waals surface area contributed by atoms with Gasteiger partial charge in [-0.05, 0) is 13.8 Å². The maximum Gasteiger partial charge on any atom is 0.243 e. The van der Waals surface area contributed by atoms with Gasteiger partial charge >= 0.3 is 0 Å². The van der Waals surface area contributed by atoms with Crippen molar-refractivity contribution in [2.24, 2.45) is 10.9 Å². The molecular weight excluding hydrogens is 274 g/mol. The molecule has 1 saturated heterocycles. The molecule has 19 heavy (non-hydrogen) atoms. The quantitative estimate of drug-likeness (QED) is 0.291. The van der Waals surface area contributed by atoms with E-state index in [9.17, 15) is 13.2 Å². The topological polar surface area (TPSA) is 122 Å². The zero-order valence-electron chi connectivity index (χ0n) is 11.2. The number of nitrogens with zero attached hydrogens (tertiary/aromatic N) is 2. The van der Waals surface area contributed by atoms with E-state index in [1.54, 1.807) is 0 Å². The number of ether oxygens (including phenoxy) is 1. The predicted molar refractivity (Wildman–Crippen MR) is 68.7 cm³/mol. The Morgan fingerprint density at radius 1 is 1.53 bits per heavy atom. The summed E-state index contributed by atoms with van der Waals surface area (Å²) in [6, 6.07) is 0. The molecule has 1 unspecified atom stereocenters. The number of rotatable bonds is 3. The van der Waals surface area contributed by atoms with Crippen LogP contribution in [0.15, 0.2) is 5.16 Å². The molecule has 1 fully saturated rings. The lowest BCUT2D eigenvalue weighted by Gasteiger charge is -2.36. The summed E-state index contributed by atoms with van der Waals surface area (Å²) in [5, 5.41) is 11.4. The number of oxime groups is 1. The Bertz CT molecular complexity index is 485. The fraction of sp³-hybridized carbons (Fsp3) is 0.800. The third-order valence-electron chi connectivity index (χ3n) is 3.24. The molecule has 0 aromatic rings. The first-order chi connectivity index (χ1) is 8.61. The molecule has 8 nitrogen and oxygen atoms in total. The number of nitrogens with two attached hydrogens (primary N) is 1. The number of carbonyl (C=O) groups is 1. The molecule has 0 aliphatic carbocycles. The number of amidine groups is 1. The maximum atomic E-state index is 12.3. The van der Waals surface area contributed by atoms with Gasteiger partial charge in [-0.15, -0.1) is 0 Å². The molecule has 1 heterocycles. The normalized spacial score (nSPS) is 22.4. The minimum atomic E-state index is -3.54. The van der Waals surface area contributed by atoms with Gasteiger partial charge in [-0.2, -0.15) is 0 Å². The van der Waals surface area contributed by atoms with E-state index in [0.29, 0.717) is 0 Å². The molecule has 3 N–H and O–H groups in total. The maximum absolute atomic E-state index is 12.3. The van der Waals surface area contributed by atoms with Crippen molar-refractivity contribution in [2.45, 2.75) is 24.7 Å². The number of sulfone groups is 1.